The van der Waals surface area contributed by atoms with Crippen LogP contribution in [0.3, 0.4) is 0 Å². The molecule has 1 saturated heterocycles. The fourth-order valence-corrected chi connectivity index (χ4v) is 2.25. The molecule has 0 radical (unpaired) electrons. The molecule has 2 aromatic rings. The first-order valence-electron chi connectivity index (χ1n) is 6.59. The Hall–Kier alpha value is -2.23. The average Bonchev–Trinajstić information content (AvgIpc) is 2.97. The van der Waals surface area contributed by atoms with Crippen LogP contribution >= 0.6 is 0 Å². The maximum atomic E-state index is 9.12. The Morgan fingerprint density at radius 2 is 2.20 bits per heavy atom. The van der Waals surface area contributed by atoms with E-state index in [1.807, 2.05) is 30.3 Å². The first kappa shape index (κ1) is 12.8. The van der Waals surface area contributed by atoms with Crippen molar-refractivity contribution in [2.45, 2.75) is 12.6 Å². The van der Waals surface area contributed by atoms with Crippen molar-refractivity contribution in [3.05, 3.63) is 36.2 Å². The number of benzene rings is 1. The normalized spacial score (nSPS) is 19.6. The van der Waals surface area contributed by atoms with Gasteiger partial charge in [-0.3, -0.25) is 4.90 Å². The van der Waals surface area contributed by atoms with Gasteiger partial charge < -0.3 is 9.73 Å². The Morgan fingerprint density at radius 3 is 3.00 bits per heavy atom. The second kappa shape index (κ2) is 5.82. The molecule has 0 amide bonds. The van der Waals surface area contributed by atoms with Crippen LogP contribution in [0.2, 0.25) is 0 Å². The van der Waals surface area contributed by atoms with E-state index in [1.165, 1.54) is 0 Å². The molecule has 0 spiro atoms. The summed E-state index contributed by atoms with van der Waals surface area (Å²) in [4.78, 5) is 2.05. The second-order valence-electron chi connectivity index (χ2n) is 4.69. The molecule has 1 unspecified atom stereocenters. The zero-order chi connectivity index (χ0) is 13.8. The monoisotopic (exact) mass is 269 g/mol. The van der Waals surface area contributed by atoms with E-state index in [-0.39, 0.29) is 6.04 Å². The van der Waals surface area contributed by atoms with E-state index < -0.39 is 0 Å². The summed E-state index contributed by atoms with van der Waals surface area (Å²) in [6, 6.07) is 11.8. The largest absolute Gasteiger partial charge is 0.419 e. The van der Waals surface area contributed by atoms with Crippen LogP contribution in [0.1, 0.15) is 5.89 Å². The summed E-state index contributed by atoms with van der Waals surface area (Å²) < 4.78 is 5.67. The Balaban J connectivity index is 1.73. The van der Waals surface area contributed by atoms with Crippen LogP contribution in [0, 0.1) is 11.3 Å². The molecule has 0 saturated carbocycles. The lowest BCUT2D eigenvalue weighted by Gasteiger charge is -2.30. The highest BCUT2D eigenvalue weighted by molar-refractivity contribution is 5.51. The van der Waals surface area contributed by atoms with Crippen molar-refractivity contribution in [3.63, 3.8) is 0 Å². The Kier molecular flexibility index (Phi) is 3.72. The first-order chi connectivity index (χ1) is 9.86. The maximum absolute atomic E-state index is 9.12. The molecule has 20 heavy (non-hydrogen) atoms. The molecule has 2 heterocycles. The van der Waals surface area contributed by atoms with Gasteiger partial charge in [0.25, 0.3) is 0 Å². The van der Waals surface area contributed by atoms with Gasteiger partial charge in [-0.2, -0.15) is 5.26 Å². The third-order valence-corrected chi connectivity index (χ3v) is 3.33. The Morgan fingerprint density at radius 1 is 1.35 bits per heavy atom. The summed E-state index contributed by atoms with van der Waals surface area (Å²) in [5, 5.41) is 20.5. The van der Waals surface area contributed by atoms with Gasteiger partial charge in [-0.15, -0.1) is 10.2 Å². The molecule has 0 bridgehead atoms. The van der Waals surface area contributed by atoms with Gasteiger partial charge in [0.2, 0.25) is 11.8 Å². The highest BCUT2D eigenvalue weighted by Gasteiger charge is 2.23. The van der Waals surface area contributed by atoms with Crippen molar-refractivity contribution < 1.29 is 4.42 Å². The number of aromatic nitrogens is 2. The molecule has 102 valence electrons. The fourth-order valence-electron chi connectivity index (χ4n) is 2.25. The molecule has 6 heteroatoms. The van der Waals surface area contributed by atoms with E-state index in [2.05, 4.69) is 26.5 Å². The van der Waals surface area contributed by atoms with Gasteiger partial charge in [0.1, 0.15) is 6.04 Å². The van der Waals surface area contributed by atoms with Gasteiger partial charge in [0, 0.05) is 25.2 Å². The number of nitriles is 1. The SMILES string of the molecule is N#CC1CNCCN1Cc1nnc(-c2ccccc2)o1. The lowest BCUT2D eigenvalue weighted by atomic mass is 10.2. The lowest BCUT2D eigenvalue weighted by Crippen LogP contribution is -2.50. The van der Waals surface area contributed by atoms with E-state index in [0.717, 1.165) is 18.7 Å². The molecule has 3 rings (SSSR count). The van der Waals surface area contributed by atoms with Gasteiger partial charge in [-0.05, 0) is 12.1 Å². The minimum absolute atomic E-state index is 0.143. The van der Waals surface area contributed by atoms with Crippen LogP contribution in [-0.2, 0) is 6.54 Å². The molecule has 1 atom stereocenters. The minimum Gasteiger partial charge on any atom is -0.419 e. The van der Waals surface area contributed by atoms with Crippen LogP contribution in [0.25, 0.3) is 11.5 Å². The zero-order valence-corrected chi connectivity index (χ0v) is 11.0. The van der Waals surface area contributed by atoms with Crippen molar-refractivity contribution >= 4 is 0 Å². The number of hydrogen-bond acceptors (Lipinski definition) is 6. The van der Waals surface area contributed by atoms with Crippen LogP contribution < -0.4 is 5.32 Å². The molecule has 1 aliphatic heterocycles. The van der Waals surface area contributed by atoms with E-state index in [1.54, 1.807) is 0 Å². The number of nitrogens with one attached hydrogen (secondary N) is 1. The van der Waals surface area contributed by atoms with Crippen LogP contribution in [0.5, 0.6) is 0 Å². The maximum Gasteiger partial charge on any atom is 0.247 e. The van der Waals surface area contributed by atoms with Crippen molar-refractivity contribution in [2.24, 2.45) is 0 Å². The van der Waals surface area contributed by atoms with Crippen molar-refractivity contribution in [2.75, 3.05) is 19.6 Å². The van der Waals surface area contributed by atoms with Crippen LogP contribution in [0.4, 0.5) is 0 Å². The lowest BCUT2D eigenvalue weighted by molar-refractivity contribution is 0.173. The third-order valence-electron chi connectivity index (χ3n) is 3.33. The summed E-state index contributed by atoms with van der Waals surface area (Å²) in [7, 11) is 0. The van der Waals surface area contributed by atoms with Gasteiger partial charge in [-0.25, -0.2) is 0 Å². The summed E-state index contributed by atoms with van der Waals surface area (Å²) in [6.45, 7) is 2.87. The first-order valence-corrected chi connectivity index (χ1v) is 6.59. The second-order valence-corrected chi connectivity index (χ2v) is 4.69. The average molecular weight is 269 g/mol. The molecule has 1 fully saturated rings. The van der Waals surface area contributed by atoms with Gasteiger partial charge in [0.05, 0.1) is 12.6 Å². The number of rotatable bonds is 3. The number of piperazine rings is 1. The molecule has 1 aliphatic rings. The molecule has 6 nitrogen and oxygen atoms in total. The van der Waals surface area contributed by atoms with Gasteiger partial charge >= 0.3 is 0 Å². The molecule has 0 aliphatic carbocycles. The number of nitrogens with zero attached hydrogens (tertiary/aromatic N) is 4. The quantitative estimate of drug-likeness (QED) is 0.896. The highest BCUT2D eigenvalue weighted by atomic mass is 16.4. The molecule has 1 aromatic carbocycles. The summed E-state index contributed by atoms with van der Waals surface area (Å²) in [5.41, 5.74) is 0.906. The Labute approximate surface area is 117 Å². The van der Waals surface area contributed by atoms with Gasteiger partial charge in [0.15, 0.2) is 0 Å². The van der Waals surface area contributed by atoms with Crippen molar-refractivity contribution in [1.29, 1.82) is 5.26 Å². The van der Waals surface area contributed by atoms with Crippen molar-refractivity contribution in [3.8, 4) is 17.5 Å². The highest BCUT2D eigenvalue weighted by Crippen LogP contribution is 2.18. The zero-order valence-electron chi connectivity index (χ0n) is 11.0. The van der Waals surface area contributed by atoms with E-state index in [4.69, 9.17) is 9.68 Å². The molecule has 1 aromatic heterocycles. The van der Waals surface area contributed by atoms with Crippen LogP contribution in [-0.4, -0.2) is 40.8 Å². The standard InChI is InChI=1S/C14H15N5O/c15-8-12-9-16-6-7-19(12)10-13-17-18-14(20-13)11-4-2-1-3-5-11/h1-5,12,16H,6-7,9-10H2. The molecular weight excluding hydrogens is 254 g/mol. The van der Waals surface area contributed by atoms with E-state index in [9.17, 15) is 0 Å². The molecular formula is C14H15N5O. The predicted octanol–water partition coefficient (Wildman–Crippen LogP) is 1.03. The van der Waals surface area contributed by atoms with Gasteiger partial charge in [-0.1, -0.05) is 18.2 Å². The summed E-state index contributed by atoms with van der Waals surface area (Å²) in [5.74, 6) is 1.07. The summed E-state index contributed by atoms with van der Waals surface area (Å²) in [6.07, 6.45) is 0. The van der Waals surface area contributed by atoms with E-state index in [0.29, 0.717) is 24.9 Å². The Bertz CT molecular complexity index is 604. The smallest absolute Gasteiger partial charge is 0.247 e. The molecule has 1 N–H and O–H groups in total. The number of hydrogen-bond donors (Lipinski definition) is 1. The topological polar surface area (TPSA) is 78.0 Å². The summed E-state index contributed by atoms with van der Waals surface area (Å²) >= 11 is 0. The minimum atomic E-state index is -0.143. The van der Waals surface area contributed by atoms with E-state index >= 15 is 0 Å². The predicted molar refractivity (Wildman–Crippen MR) is 72.4 cm³/mol. The van der Waals surface area contributed by atoms with Crippen LogP contribution in [0.15, 0.2) is 34.7 Å². The fraction of sp³-hybridized carbons (Fsp3) is 0.357. The third kappa shape index (κ3) is 2.69. The van der Waals surface area contributed by atoms with Crippen molar-refractivity contribution in [1.82, 2.24) is 20.4 Å².